The number of esters is 1. The first kappa shape index (κ1) is 16.4. The molecule has 0 saturated heterocycles. The zero-order chi connectivity index (χ0) is 17.0. The highest BCUT2D eigenvalue weighted by Crippen LogP contribution is 2.42. The summed E-state index contributed by atoms with van der Waals surface area (Å²) in [6, 6.07) is 9.24. The fourth-order valence-electron chi connectivity index (χ4n) is 2.57. The molecule has 0 radical (unpaired) electrons. The molecule has 0 spiro atoms. The van der Waals surface area contributed by atoms with Crippen LogP contribution in [0.2, 0.25) is 0 Å². The first-order valence-corrected chi connectivity index (χ1v) is 7.13. The number of carbonyl (C=O) groups is 1. The second-order valence-corrected chi connectivity index (χ2v) is 4.86. The molecular weight excluding hydrogens is 296 g/mol. The summed E-state index contributed by atoms with van der Waals surface area (Å²) in [4.78, 5) is 12.2. The summed E-state index contributed by atoms with van der Waals surface area (Å²) < 4.78 is 15.8. The monoisotopic (exact) mass is 314 g/mol. The van der Waals surface area contributed by atoms with E-state index in [9.17, 15) is 10.1 Å². The van der Waals surface area contributed by atoms with Crippen LogP contribution in [0.4, 0.5) is 0 Å². The Labute approximate surface area is 134 Å². The van der Waals surface area contributed by atoms with E-state index in [-0.39, 0.29) is 17.0 Å². The Kier molecular flexibility index (Phi) is 4.91. The van der Waals surface area contributed by atoms with E-state index in [1.807, 2.05) is 25.1 Å². The van der Waals surface area contributed by atoms with Crippen LogP contribution in [-0.4, -0.2) is 19.7 Å². The number of nitrogens with zero attached hydrogens (tertiary/aromatic N) is 1. The van der Waals surface area contributed by atoms with Gasteiger partial charge in [-0.05, 0) is 19.9 Å². The highest BCUT2D eigenvalue weighted by molar-refractivity contribution is 5.92. The van der Waals surface area contributed by atoms with Gasteiger partial charge in [0.15, 0.2) is 0 Å². The van der Waals surface area contributed by atoms with Crippen molar-refractivity contribution in [3.8, 4) is 11.8 Å². The molecule has 1 aromatic rings. The fourth-order valence-corrected chi connectivity index (χ4v) is 2.57. The number of benzene rings is 1. The van der Waals surface area contributed by atoms with Crippen molar-refractivity contribution < 1.29 is 19.0 Å². The Balaban J connectivity index is 2.69. The largest absolute Gasteiger partial charge is 0.494 e. The van der Waals surface area contributed by atoms with E-state index >= 15 is 0 Å². The summed E-state index contributed by atoms with van der Waals surface area (Å²) in [6.45, 7) is 3.93. The Morgan fingerprint density at radius 1 is 1.43 bits per heavy atom. The molecule has 0 aliphatic carbocycles. The molecule has 2 rings (SSSR count). The van der Waals surface area contributed by atoms with Crippen LogP contribution in [0.5, 0.6) is 5.75 Å². The minimum absolute atomic E-state index is 0.0195. The molecular formula is C17H18N2O4. The summed E-state index contributed by atoms with van der Waals surface area (Å²) in [5.74, 6) is -0.390. The third-order valence-electron chi connectivity index (χ3n) is 3.54. The number of hydrogen-bond donors (Lipinski definition) is 1. The van der Waals surface area contributed by atoms with Crippen molar-refractivity contribution in [3.05, 3.63) is 52.6 Å². The second-order valence-electron chi connectivity index (χ2n) is 4.86. The molecule has 0 aromatic heterocycles. The van der Waals surface area contributed by atoms with Gasteiger partial charge in [0, 0.05) is 5.56 Å². The topological polar surface area (TPSA) is 94.6 Å². The van der Waals surface area contributed by atoms with Crippen molar-refractivity contribution in [1.82, 2.24) is 0 Å². The van der Waals surface area contributed by atoms with Gasteiger partial charge in [-0.15, -0.1) is 0 Å². The highest BCUT2D eigenvalue weighted by atomic mass is 16.5. The Hall–Kier alpha value is -2.94. The molecule has 0 bridgehead atoms. The lowest BCUT2D eigenvalue weighted by atomic mass is 9.82. The standard InChI is InChI=1S/C17H18N2O4/c1-4-22-13-8-6-5-7-11(13)15-12(9-18)16(19)23-10(2)14(15)17(20)21-3/h5-8,15H,4,19H2,1-3H3/t15-/m0/s1. The maximum atomic E-state index is 12.2. The van der Waals surface area contributed by atoms with Crippen molar-refractivity contribution in [1.29, 1.82) is 5.26 Å². The molecule has 1 heterocycles. The predicted molar refractivity (Wildman–Crippen MR) is 83.0 cm³/mol. The molecule has 0 fully saturated rings. The van der Waals surface area contributed by atoms with Crippen LogP contribution in [0, 0.1) is 11.3 Å². The van der Waals surface area contributed by atoms with E-state index < -0.39 is 11.9 Å². The Morgan fingerprint density at radius 3 is 2.74 bits per heavy atom. The SMILES string of the molecule is CCOc1ccccc1[C@H]1C(C#N)=C(N)OC(C)=C1C(=O)OC. The summed E-state index contributed by atoms with van der Waals surface area (Å²) >= 11 is 0. The number of ether oxygens (including phenoxy) is 3. The second kappa shape index (κ2) is 6.88. The molecule has 0 saturated carbocycles. The maximum absolute atomic E-state index is 12.2. The van der Waals surface area contributed by atoms with Gasteiger partial charge in [-0.3, -0.25) is 0 Å². The number of nitrogens with two attached hydrogens (primary N) is 1. The number of carbonyl (C=O) groups excluding carboxylic acids is 1. The van der Waals surface area contributed by atoms with Gasteiger partial charge in [-0.1, -0.05) is 18.2 Å². The lowest BCUT2D eigenvalue weighted by Gasteiger charge is -2.27. The van der Waals surface area contributed by atoms with E-state index in [0.29, 0.717) is 23.7 Å². The van der Waals surface area contributed by atoms with E-state index in [1.165, 1.54) is 7.11 Å². The van der Waals surface area contributed by atoms with Crippen LogP contribution in [-0.2, 0) is 14.3 Å². The third kappa shape index (κ3) is 2.99. The third-order valence-corrected chi connectivity index (χ3v) is 3.54. The minimum Gasteiger partial charge on any atom is -0.494 e. The normalized spacial score (nSPS) is 17.4. The number of rotatable bonds is 4. The Bertz CT molecular complexity index is 728. The number of nitriles is 1. The molecule has 0 unspecified atom stereocenters. The van der Waals surface area contributed by atoms with Gasteiger partial charge in [-0.2, -0.15) is 5.26 Å². The molecule has 6 nitrogen and oxygen atoms in total. The zero-order valence-corrected chi connectivity index (χ0v) is 13.3. The smallest absolute Gasteiger partial charge is 0.338 e. The first-order chi connectivity index (χ1) is 11.0. The first-order valence-electron chi connectivity index (χ1n) is 7.13. The molecule has 6 heteroatoms. The van der Waals surface area contributed by atoms with Crippen LogP contribution in [0.25, 0.3) is 0 Å². The quantitative estimate of drug-likeness (QED) is 0.857. The maximum Gasteiger partial charge on any atom is 0.338 e. The van der Waals surface area contributed by atoms with Crippen molar-refractivity contribution >= 4 is 5.97 Å². The fraction of sp³-hybridized carbons (Fsp3) is 0.294. The van der Waals surface area contributed by atoms with E-state index in [0.717, 1.165) is 0 Å². The molecule has 1 aliphatic heterocycles. The van der Waals surface area contributed by atoms with E-state index in [1.54, 1.807) is 19.1 Å². The summed E-state index contributed by atoms with van der Waals surface area (Å²) in [6.07, 6.45) is 0. The van der Waals surface area contributed by atoms with Crippen molar-refractivity contribution in [2.45, 2.75) is 19.8 Å². The van der Waals surface area contributed by atoms with Crippen LogP contribution in [0.3, 0.4) is 0 Å². The average molecular weight is 314 g/mol. The van der Waals surface area contributed by atoms with Crippen molar-refractivity contribution in [3.63, 3.8) is 0 Å². The van der Waals surface area contributed by atoms with E-state index in [2.05, 4.69) is 0 Å². The molecule has 1 aliphatic rings. The van der Waals surface area contributed by atoms with Crippen molar-refractivity contribution in [2.75, 3.05) is 13.7 Å². The molecule has 1 aromatic carbocycles. The number of para-hydroxylation sites is 1. The highest BCUT2D eigenvalue weighted by Gasteiger charge is 2.37. The van der Waals surface area contributed by atoms with Crippen molar-refractivity contribution in [2.24, 2.45) is 5.73 Å². The average Bonchev–Trinajstić information content (AvgIpc) is 2.54. The van der Waals surface area contributed by atoms with Crippen LogP contribution in [0.15, 0.2) is 47.1 Å². The zero-order valence-electron chi connectivity index (χ0n) is 13.3. The summed E-state index contributed by atoms with van der Waals surface area (Å²) in [5, 5.41) is 9.49. The predicted octanol–water partition coefficient (Wildman–Crippen LogP) is 2.34. The summed E-state index contributed by atoms with van der Waals surface area (Å²) in [5.41, 5.74) is 6.90. The van der Waals surface area contributed by atoms with Crippen LogP contribution in [0.1, 0.15) is 25.3 Å². The lowest BCUT2D eigenvalue weighted by molar-refractivity contribution is -0.136. The molecule has 0 amide bonds. The number of allylic oxidation sites excluding steroid dienone is 2. The van der Waals surface area contributed by atoms with Crippen LogP contribution >= 0.6 is 0 Å². The van der Waals surface area contributed by atoms with Gasteiger partial charge in [0.2, 0.25) is 5.88 Å². The number of hydrogen-bond acceptors (Lipinski definition) is 6. The van der Waals surface area contributed by atoms with Gasteiger partial charge in [0.25, 0.3) is 0 Å². The van der Waals surface area contributed by atoms with E-state index in [4.69, 9.17) is 19.9 Å². The van der Waals surface area contributed by atoms with Gasteiger partial charge >= 0.3 is 5.97 Å². The summed E-state index contributed by atoms with van der Waals surface area (Å²) in [7, 11) is 1.28. The number of methoxy groups -OCH3 is 1. The molecule has 1 atom stereocenters. The Morgan fingerprint density at radius 2 is 2.13 bits per heavy atom. The molecule has 2 N–H and O–H groups in total. The van der Waals surface area contributed by atoms with Gasteiger partial charge in [-0.25, -0.2) is 4.79 Å². The van der Waals surface area contributed by atoms with Gasteiger partial charge in [0.05, 0.1) is 25.2 Å². The van der Waals surface area contributed by atoms with Crippen LogP contribution < -0.4 is 10.5 Å². The van der Waals surface area contributed by atoms with Gasteiger partial charge < -0.3 is 19.9 Å². The minimum atomic E-state index is -0.691. The lowest BCUT2D eigenvalue weighted by Crippen LogP contribution is -2.25. The molecule has 120 valence electrons. The van der Waals surface area contributed by atoms with Gasteiger partial charge in [0.1, 0.15) is 23.2 Å². The molecule has 23 heavy (non-hydrogen) atoms.